The third kappa shape index (κ3) is 4.17. The van der Waals surface area contributed by atoms with Gasteiger partial charge in [-0.25, -0.2) is 4.98 Å². The molecule has 1 amide bonds. The van der Waals surface area contributed by atoms with Crippen molar-refractivity contribution in [1.82, 2.24) is 10.3 Å². The van der Waals surface area contributed by atoms with Crippen molar-refractivity contribution in [2.75, 3.05) is 25.0 Å². The summed E-state index contributed by atoms with van der Waals surface area (Å²) < 4.78 is 1.20. The average Bonchev–Trinajstić information content (AvgIpc) is 3.06. The Balaban J connectivity index is 1.58. The molecule has 0 unspecified atom stereocenters. The SMILES string of the molecule is Cc1ccc(C)c2sc(N(C)CC(=O)NCCc3ccccc3)nc12. The number of fused-ring (bicyclic) bond motifs is 1. The van der Waals surface area contributed by atoms with Crippen molar-refractivity contribution in [3.63, 3.8) is 0 Å². The Hall–Kier alpha value is -2.40. The van der Waals surface area contributed by atoms with E-state index in [1.807, 2.05) is 30.1 Å². The fraction of sp³-hybridized carbons (Fsp3) is 0.300. The molecule has 0 aliphatic heterocycles. The number of nitrogens with zero attached hydrogens (tertiary/aromatic N) is 2. The Labute approximate surface area is 152 Å². The van der Waals surface area contributed by atoms with Crippen LogP contribution in [0.15, 0.2) is 42.5 Å². The highest BCUT2D eigenvalue weighted by Crippen LogP contribution is 2.32. The molecule has 0 saturated heterocycles. The summed E-state index contributed by atoms with van der Waals surface area (Å²) in [7, 11) is 1.92. The molecule has 0 bridgehead atoms. The number of aromatic nitrogens is 1. The first kappa shape index (κ1) is 17.4. The fourth-order valence-electron chi connectivity index (χ4n) is 2.74. The number of aryl methyl sites for hydroxylation is 2. The smallest absolute Gasteiger partial charge is 0.239 e. The first-order valence-electron chi connectivity index (χ1n) is 8.43. The van der Waals surface area contributed by atoms with E-state index < -0.39 is 0 Å². The molecule has 3 aromatic rings. The zero-order chi connectivity index (χ0) is 17.8. The van der Waals surface area contributed by atoms with Gasteiger partial charge in [-0.3, -0.25) is 4.79 Å². The van der Waals surface area contributed by atoms with E-state index in [1.165, 1.54) is 21.4 Å². The third-order valence-corrected chi connectivity index (χ3v) is 5.52. The molecule has 4 nitrogen and oxygen atoms in total. The molecular weight excluding hydrogens is 330 g/mol. The molecule has 0 fully saturated rings. The number of anilines is 1. The molecule has 3 rings (SSSR count). The molecular formula is C20H23N3OS. The number of carbonyl (C=O) groups excluding carboxylic acids is 1. The number of hydrogen-bond acceptors (Lipinski definition) is 4. The van der Waals surface area contributed by atoms with Crippen LogP contribution in [-0.4, -0.2) is 31.0 Å². The van der Waals surface area contributed by atoms with E-state index in [0.717, 1.165) is 17.1 Å². The van der Waals surface area contributed by atoms with Gasteiger partial charge in [0.15, 0.2) is 5.13 Å². The summed E-state index contributed by atoms with van der Waals surface area (Å²) in [6.07, 6.45) is 0.843. The van der Waals surface area contributed by atoms with Crippen LogP contribution in [0.2, 0.25) is 0 Å². The molecule has 0 atom stereocenters. The maximum absolute atomic E-state index is 12.2. The number of hydrogen-bond donors (Lipinski definition) is 1. The Morgan fingerprint density at radius 2 is 1.84 bits per heavy atom. The molecule has 25 heavy (non-hydrogen) atoms. The van der Waals surface area contributed by atoms with Gasteiger partial charge in [-0.05, 0) is 37.0 Å². The van der Waals surface area contributed by atoms with Crippen LogP contribution >= 0.6 is 11.3 Å². The van der Waals surface area contributed by atoms with E-state index in [4.69, 9.17) is 4.98 Å². The quantitative estimate of drug-likeness (QED) is 0.735. The lowest BCUT2D eigenvalue weighted by Gasteiger charge is -2.15. The predicted octanol–water partition coefficient (Wildman–Crippen LogP) is 3.71. The van der Waals surface area contributed by atoms with Crippen LogP contribution in [0.4, 0.5) is 5.13 Å². The van der Waals surface area contributed by atoms with Gasteiger partial charge in [0.05, 0.1) is 16.8 Å². The lowest BCUT2D eigenvalue weighted by atomic mass is 10.1. The van der Waals surface area contributed by atoms with Gasteiger partial charge in [-0.1, -0.05) is 53.8 Å². The third-order valence-electron chi connectivity index (χ3n) is 4.22. The van der Waals surface area contributed by atoms with E-state index in [9.17, 15) is 4.79 Å². The molecule has 1 heterocycles. The maximum Gasteiger partial charge on any atom is 0.239 e. The minimum absolute atomic E-state index is 0.0196. The number of thiazole rings is 1. The Morgan fingerprint density at radius 3 is 2.56 bits per heavy atom. The number of likely N-dealkylation sites (N-methyl/N-ethyl adjacent to an activating group) is 1. The first-order chi connectivity index (χ1) is 12.0. The molecule has 0 aliphatic carbocycles. The molecule has 0 spiro atoms. The average molecular weight is 353 g/mol. The van der Waals surface area contributed by atoms with Gasteiger partial charge < -0.3 is 10.2 Å². The largest absolute Gasteiger partial charge is 0.354 e. The molecule has 1 N–H and O–H groups in total. The van der Waals surface area contributed by atoms with Gasteiger partial charge in [0.1, 0.15) is 0 Å². The summed E-state index contributed by atoms with van der Waals surface area (Å²) in [5, 5.41) is 3.86. The van der Waals surface area contributed by atoms with Crippen molar-refractivity contribution in [3.8, 4) is 0 Å². The van der Waals surface area contributed by atoms with Crippen LogP contribution in [0.5, 0.6) is 0 Å². The standard InChI is InChI=1S/C20H23N3OS/c1-14-9-10-15(2)19-18(14)22-20(25-19)23(3)13-17(24)21-12-11-16-7-5-4-6-8-16/h4-10H,11-13H2,1-3H3,(H,21,24). The van der Waals surface area contributed by atoms with Gasteiger partial charge in [0, 0.05) is 13.6 Å². The zero-order valence-corrected chi connectivity index (χ0v) is 15.7. The molecule has 2 aromatic carbocycles. The number of benzene rings is 2. The minimum Gasteiger partial charge on any atom is -0.354 e. The monoisotopic (exact) mass is 353 g/mol. The highest BCUT2D eigenvalue weighted by Gasteiger charge is 2.14. The van der Waals surface area contributed by atoms with Gasteiger partial charge >= 0.3 is 0 Å². The highest BCUT2D eigenvalue weighted by molar-refractivity contribution is 7.22. The molecule has 1 aromatic heterocycles. The summed E-state index contributed by atoms with van der Waals surface area (Å²) in [6.45, 7) is 5.13. The minimum atomic E-state index is 0.0196. The van der Waals surface area contributed by atoms with Gasteiger partial charge in [-0.15, -0.1) is 0 Å². The number of rotatable bonds is 6. The van der Waals surface area contributed by atoms with Gasteiger partial charge in [-0.2, -0.15) is 0 Å². The maximum atomic E-state index is 12.2. The molecule has 0 radical (unpaired) electrons. The van der Waals surface area contributed by atoms with Crippen LogP contribution in [-0.2, 0) is 11.2 Å². The highest BCUT2D eigenvalue weighted by atomic mass is 32.1. The number of nitrogens with one attached hydrogen (secondary N) is 1. The lowest BCUT2D eigenvalue weighted by molar-refractivity contribution is -0.119. The molecule has 130 valence electrons. The van der Waals surface area contributed by atoms with Gasteiger partial charge in [0.2, 0.25) is 5.91 Å². The van der Waals surface area contributed by atoms with E-state index in [-0.39, 0.29) is 5.91 Å². The lowest BCUT2D eigenvalue weighted by Crippen LogP contribution is -2.36. The summed E-state index contributed by atoms with van der Waals surface area (Å²) in [5.41, 5.74) is 4.67. The topological polar surface area (TPSA) is 45.2 Å². The Morgan fingerprint density at radius 1 is 1.12 bits per heavy atom. The van der Waals surface area contributed by atoms with Crippen molar-refractivity contribution in [2.45, 2.75) is 20.3 Å². The first-order valence-corrected chi connectivity index (χ1v) is 9.25. The summed E-state index contributed by atoms with van der Waals surface area (Å²) in [6, 6.07) is 14.4. The van der Waals surface area contributed by atoms with Crippen molar-refractivity contribution < 1.29 is 4.79 Å². The normalized spacial score (nSPS) is 10.8. The number of carbonyl (C=O) groups is 1. The molecule has 0 aliphatic rings. The second-order valence-corrected chi connectivity index (χ2v) is 7.29. The predicted molar refractivity (Wildman–Crippen MR) is 106 cm³/mol. The van der Waals surface area contributed by atoms with Crippen LogP contribution in [0.3, 0.4) is 0 Å². The van der Waals surface area contributed by atoms with Crippen LogP contribution in [0, 0.1) is 13.8 Å². The van der Waals surface area contributed by atoms with Crippen LogP contribution in [0.1, 0.15) is 16.7 Å². The number of amides is 1. The van der Waals surface area contributed by atoms with Crippen molar-refractivity contribution in [3.05, 3.63) is 59.2 Å². The van der Waals surface area contributed by atoms with Crippen LogP contribution in [0.25, 0.3) is 10.2 Å². The van der Waals surface area contributed by atoms with E-state index in [0.29, 0.717) is 13.1 Å². The summed E-state index contributed by atoms with van der Waals surface area (Å²) in [4.78, 5) is 18.8. The summed E-state index contributed by atoms with van der Waals surface area (Å²) >= 11 is 1.64. The van der Waals surface area contributed by atoms with Crippen LogP contribution < -0.4 is 10.2 Å². The molecule has 5 heteroatoms. The van der Waals surface area contributed by atoms with Crippen molar-refractivity contribution >= 4 is 32.6 Å². The van der Waals surface area contributed by atoms with E-state index in [1.54, 1.807) is 11.3 Å². The van der Waals surface area contributed by atoms with Crippen molar-refractivity contribution in [2.24, 2.45) is 0 Å². The Bertz CT molecular complexity index is 834. The summed E-state index contributed by atoms with van der Waals surface area (Å²) in [5.74, 6) is 0.0196. The van der Waals surface area contributed by atoms with E-state index in [2.05, 4.69) is 43.4 Å². The zero-order valence-electron chi connectivity index (χ0n) is 14.9. The Kier molecular flexibility index (Phi) is 5.34. The second-order valence-electron chi connectivity index (χ2n) is 6.32. The molecule has 0 saturated carbocycles. The van der Waals surface area contributed by atoms with Gasteiger partial charge in [0.25, 0.3) is 0 Å². The van der Waals surface area contributed by atoms with E-state index >= 15 is 0 Å². The van der Waals surface area contributed by atoms with Crippen molar-refractivity contribution in [1.29, 1.82) is 0 Å². The fourth-order valence-corrected chi connectivity index (χ4v) is 3.81. The second kappa shape index (κ2) is 7.66.